The Kier molecular flexibility index (Phi) is 2.99. The minimum atomic E-state index is 0.591. The van der Waals surface area contributed by atoms with Crippen LogP contribution in [-0.2, 0) is 0 Å². The van der Waals surface area contributed by atoms with E-state index in [1.807, 2.05) is 24.3 Å². The van der Waals surface area contributed by atoms with Crippen LogP contribution in [0.5, 0.6) is 0 Å². The van der Waals surface area contributed by atoms with Crippen molar-refractivity contribution in [1.82, 2.24) is 0 Å². The van der Waals surface area contributed by atoms with Crippen molar-refractivity contribution >= 4 is 23.2 Å². The number of benzene rings is 2. The van der Waals surface area contributed by atoms with E-state index < -0.39 is 0 Å². The fraction of sp³-hybridized carbons (Fsp3) is 0.0769. The maximum absolute atomic E-state index is 5.97. The smallest absolute Gasteiger partial charge is 0.0598 e. The quantitative estimate of drug-likeness (QED) is 0.656. The lowest BCUT2D eigenvalue weighted by molar-refractivity contribution is 1.47. The van der Waals surface area contributed by atoms with E-state index in [1.165, 1.54) is 5.56 Å². The molecule has 0 fully saturated rings. The second-order valence-electron chi connectivity index (χ2n) is 3.50. The molecule has 0 amide bonds. The van der Waals surface area contributed by atoms with Gasteiger partial charge in [0.2, 0.25) is 0 Å². The molecule has 0 radical (unpaired) electrons. The minimum Gasteiger partial charge on any atom is -0.0827 e. The van der Waals surface area contributed by atoms with Gasteiger partial charge in [-0.15, -0.1) is 0 Å². The van der Waals surface area contributed by atoms with Crippen LogP contribution in [0.2, 0.25) is 10.0 Å². The second-order valence-corrected chi connectivity index (χ2v) is 4.31. The van der Waals surface area contributed by atoms with Gasteiger partial charge in [-0.2, -0.15) is 0 Å². The fourth-order valence-electron chi connectivity index (χ4n) is 1.50. The SMILES string of the molecule is Cc1cccc(-c2ccc(Cl)c(Cl)c2)c1. The van der Waals surface area contributed by atoms with E-state index >= 15 is 0 Å². The lowest BCUT2D eigenvalue weighted by atomic mass is 10.0. The van der Waals surface area contributed by atoms with Gasteiger partial charge in [0.05, 0.1) is 10.0 Å². The third-order valence-electron chi connectivity index (χ3n) is 2.27. The predicted molar refractivity (Wildman–Crippen MR) is 66.6 cm³/mol. The van der Waals surface area contributed by atoms with Crippen LogP contribution in [0.1, 0.15) is 5.56 Å². The number of hydrogen-bond acceptors (Lipinski definition) is 0. The summed E-state index contributed by atoms with van der Waals surface area (Å²) in [5.74, 6) is 0. The van der Waals surface area contributed by atoms with Crippen molar-refractivity contribution in [1.29, 1.82) is 0 Å². The Morgan fingerprint density at radius 3 is 2.20 bits per heavy atom. The van der Waals surface area contributed by atoms with Crippen LogP contribution in [0, 0.1) is 6.92 Å². The molecule has 0 aliphatic carbocycles. The van der Waals surface area contributed by atoms with Crippen LogP contribution in [0.25, 0.3) is 11.1 Å². The van der Waals surface area contributed by atoms with E-state index in [-0.39, 0.29) is 0 Å². The standard InChI is InChI=1S/C13H10Cl2/c1-9-3-2-4-10(7-9)11-5-6-12(14)13(15)8-11/h2-8H,1H3. The first-order valence-corrected chi connectivity index (χ1v) is 5.44. The van der Waals surface area contributed by atoms with Crippen molar-refractivity contribution < 1.29 is 0 Å². The van der Waals surface area contributed by atoms with Gasteiger partial charge in [-0.1, -0.05) is 59.1 Å². The van der Waals surface area contributed by atoms with Gasteiger partial charge < -0.3 is 0 Å². The molecule has 0 aliphatic heterocycles. The summed E-state index contributed by atoms with van der Waals surface area (Å²) in [4.78, 5) is 0. The van der Waals surface area contributed by atoms with E-state index in [4.69, 9.17) is 23.2 Å². The van der Waals surface area contributed by atoms with Crippen molar-refractivity contribution in [2.45, 2.75) is 6.92 Å². The van der Waals surface area contributed by atoms with E-state index in [9.17, 15) is 0 Å². The Balaban J connectivity index is 2.50. The molecule has 76 valence electrons. The summed E-state index contributed by atoms with van der Waals surface area (Å²) in [5.41, 5.74) is 3.49. The molecule has 0 unspecified atom stereocenters. The summed E-state index contributed by atoms with van der Waals surface area (Å²) in [6.45, 7) is 2.07. The third-order valence-corrected chi connectivity index (χ3v) is 3.01. The van der Waals surface area contributed by atoms with Crippen LogP contribution in [-0.4, -0.2) is 0 Å². The highest BCUT2D eigenvalue weighted by atomic mass is 35.5. The van der Waals surface area contributed by atoms with Gasteiger partial charge in [-0.3, -0.25) is 0 Å². The molecule has 2 rings (SSSR count). The topological polar surface area (TPSA) is 0 Å². The molecule has 0 saturated heterocycles. The molecule has 0 spiro atoms. The Morgan fingerprint density at radius 1 is 0.800 bits per heavy atom. The molecule has 0 nitrogen and oxygen atoms in total. The number of rotatable bonds is 1. The molecule has 0 bridgehead atoms. The van der Waals surface area contributed by atoms with Gasteiger partial charge in [0, 0.05) is 0 Å². The van der Waals surface area contributed by atoms with Crippen LogP contribution in [0.4, 0.5) is 0 Å². The van der Waals surface area contributed by atoms with Crippen molar-refractivity contribution in [2.24, 2.45) is 0 Å². The first kappa shape index (κ1) is 10.5. The van der Waals surface area contributed by atoms with Gasteiger partial charge in [0.1, 0.15) is 0 Å². The Labute approximate surface area is 99.5 Å². The third kappa shape index (κ3) is 2.34. The van der Waals surface area contributed by atoms with Crippen LogP contribution in [0.3, 0.4) is 0 Å². The monoisotopic (exact) mass is 236 g/mol. The Morgan fingerprint density at radius 2 is 1.53 bits per heavy atom. The molecular weight excluding hydrogens is 227 g/mol. The largest absolute Gasteiger partial charge is 0.0827 e. The molecule has 0 aliphatic rings. The molecule has 0 heterocycles. The molecular formula is C13H10Cl2. The zero-order valence-corrected chi connectivity index (χ0v) is 9.81. The summed E-state index contributed by atoms with van der Waals surface area (Å²) < 4.78 is 0. The number of aryl methyl sites for hydroxylation is 1. The van der Waals surface area contributed by atoms with Crippen molar-refractivity contribution in [3.63, 3.8) is 0 Å². The minimum absolute atomic E-state index is 0.591. The van der Waals surface area contributed by atoms with Crippen LogP contribution >= 0.6 is 23.2 Å². The Hall–Kier alpha value is -0.980. The zero-order valence-electron chi connectivity index (χ0n) is 8.30. The highest BCUT2D eigenvalue weighted by Gasteiger charge is 2.01. The van der Waals surface area contributed by atoms with E-state index in [0.717, 1.165) is 11.1 Å². The highest BCUT2D eigenvalue weighted by Crippen LogP contribution is 2.28. The molecule has 15 heavy (non-hydrogen) atoms. The maximum Gasteiger partial charge on any atom is 0.0598 e. The van der Waals surface area contributed by atoms with Gasteiger partial charge >= 0.3 is 0 Å². The number of halogens is 2. The van der Waals surface area contributed by atoms with Gasteiger partial charge in [-0.05, 0) is 30.2 Å². The summed E-state index contributed by atoms with van der Waals surface area (Å²) >= 11 is 11.8. The molecule has 0 aromatic heterocycles. The lowest BCUT2D eigenvalue weighted by Crippen LogP contribution is -1.79. The van der Waals surface area contributed by atoms with E-state index in [0.29, 0.717) is 10.0 Å². The van der Waals surface area contributed by atoms with Crippen LogP contribution in [0.15, 0.2) is 42.5 Å². The first-order valence-electron chi connectivity index (χ1n) is 4.69. The average molecular weight is 237 g/mol. The summed E-state index contributed by atoms with van der Waals surface area (Å²) in [7, 11) is 0. The van der Waals surface area contributed by atoms with Gasteiger partial charge in [0.15, 0.2) is 0 Å². The first-order chi connectivity index (χ1) is 7.16. The zero-order chi connectivity index (χ0) is 10.8. The molecule has 2 aromatic carbocycles. The van der Waals surface area contributed by atoms with E-state index in [1.54, 1.807) is 0 Å². The van der Waals surface area contributed by atoms with E-state index in [2.05, 4.69) is 25.1 Å². The second kappa shape index (κ2) is 4.26. The summed E-state index contributed by atoms with van der Waals surface area (Å²) in [6.07, 6.45) is 0. The van der Waals surface area contributed by atoms with Crippen molar-refractivity contribution in [3.05, 3.63) is 58.1 Å². The predicted octanol–water partition coefficient (Wildman–Crippen LogP) is 4.97. The fourth-order valence-corrected chi connectivity index (χ4v) is 1.80. The molecule has 0 atom stereocenters. The molecule has 0 N–H and O–H groups in total. The Bertz CT molecular complexity index is 490. The molecule has 0 saturated carbocycles. The van der Waals surface area contributed by atoms with Crippen molar-refractivity contribution in [2.75, 3.05) is 0 Å². The molecule has 2 heteroatoms. The van der Waals surface area contributed by atoms with Crippen LogP contribution < -0.4 is 0 Å². The highest BCUT2D eigenvalue weighted by molar-refractivity contribution is 6.42. The van der Waals surface area contributed by atoms with Gasteiger partial charge in [-0.25, -0.2) is 0 Å². The average Bonchev–Trinajstić information content (AvgIpc) is 2.22. The number of hydrogen-bond donors (Lipinski definition) is 0. The summed E-state index contributed by atoms with van der Waals surface area (Å²) in [5, 5.41) is 1.18. The molecule has 2 aromatic rings. The van der Waals surface area contributed by atoms with Gasteiger partial charge in [0.25, 0.3) is 0 Å². The maximum atomic E-state index is 5.97. The normalized spacial score (nSPS) is 10.3. The van der Waals surface area contributed by atoms with Crippen molar-refractivity contribution in [3.8, 4) is 11.1 Å². The lowest BCUT2D eigenvalue weighted by Gasteiger charge is -2.04. The summed E-state index contributed by atoms with van der Waals surface area (Å²) in [6, 6.07) is 14.0.